The van der Waals surface area contributed by atoms with Crippen molar-refractivity contribution in [1.29, 1.82) is 0 Å². The molecule has 2 aromatic rings. The van der Waals surface area contributed by atoms with E-state index in [4.69, 9.17) is 4.74 Å². The molecule has 1 unspecified atom stereocenters. The molecule has 1 N–H and O–H groups in total. The molecule has 0 spiro atoms. The zero-order chi connectivity index (χ0) is 19.1. The molecule has 0 saturated carbocycles. The van der Waals surface area contributed by atoms with E-state index in [1.54, 1.807) is 19.2 Å². The smallest absolute Gasteiger partial charge is 0.230 e. The normalized spacial score (nSPS) is 11.7. The molecule has 0 aliphatic heterocycles. The summed E-state index contributed by atoms with van der Waals surface area (Å²) < 4.78 is 6.35. The van der Waals surface area contributed by atoms with Gasteiger partial charge < -0.3 is 10.1 Å². The molecular formula is C20H22BrNO3S. The number of ether oxygens (including phenoxy) is 1. The van der Waals surface area contributed by atoms with E-state index in [-0.39, 0.29) is 17.7 Å². The van der Waals surface area contributed by atoms with E-state index in [1.807, 2.05) is 37.3 Å². The van der Waals surface area contributed by atoms with E-state index in [0.717, 1.165) is 21.3 Å². The minimum absolute atomic E-state index is 0.0139. The number of amides is 1. The lowest BCUT2D eigenvalue weighted by atomic mass is 10.1. The standard InChI is InChI=1S/C20H22BrNO3S/c1-13(15-4-7-18(21)8-5-15)22-20(24)12-26-11-17-10-16(14(2)23)6-9-19(17)25-3/h4-10,13H,11-12H2,1-3H3,(H,22,24). The minimum atomic E-state index is -0.0493. The summed E-state index contributed by atoms with van der Waals surface area (Å²) in [6.07, 6.45) is 0. The Hall–Kier alpha value is -1.79. The highest BCUT2D eigenvalue weighted by Crippen LogP contribution is 2.25. The van der Waals surface area contributed by atoms with Gasteiger partial charge in [-0.15, -0.1) is 11.8 Å². The number of benzene rings is 2. The fraction of sp³-hybridized carbons (Fsp3) is 0.300. The van der Waals surface area contributed by atoms with Crippen molar-refractivity contribution in [2.75, 3.05) is 12.9 Å². The molecule has 6 heteroatoms. The van der Waals surface area contributed by atoms with Crippen LogP contribution in [0.2, 0.25) is 0 Å². The second-order valence-electron chi connectivity index (χ2n) is 5.92. The van der Waals surface area contributed by atoms with Gasteiger partial charge in [0.2, 0.25) is 5.91 Å². The van der Waals surface area contributed by atoms with Crippen molar-refractivity contribution in [1.82, 2.24) is 5.32 Å². The molecule has 138 valence electrons. The van der Waals surface area contributed by atoms with Gasteiger partial charge in [-0.25, -0.2) is 0 Å². The Morgan fingerprint density at radius 3 is 2.50 bits per heavy atom. The highest BCUT2D eigenvalue weighted by atomic mass is 79.9. The van der Waals surface area contributed by atoms with Gasteiger partial charge in [0.05, 0.1) is 18.9 Å². The highest BCUT2D eigenvalue weighted by Gasteiger charge is 2.11. The number of halogens is 1. The van der Waals surface area contributed by atoms with E-state index in [1.165, 1.54) is 18.7 Å². The number of methoxy groups -OCH3 is 1. The lowest BCUT2D eigenvalue weighted by Crippen LogP contribution is -2.28. The summed E-state index contributed by atoms with van der Waals surface area (Å²) in [5, 5.41) is 3.00. The quantitative estimate of drug-likeness (QED) is 0.606. The summed E-state index contributed by atoms with van der Waals surface area (Å²) in [5.74, 6) is 1.66. The van der Waals surface area contributed by atoms with Gasteiger partial charge in [0.15, 0.2) is 5.78 Å². The SMILES string of the molecule is COc1ccc(C(C)=O)cc1CSCC(=O)NC(C)c1ccc(Br)cc1. The first kappa shape index (κ1) is 20.5. The lowest BCUT2D eigenvalue weighted by Gasteiger charge is -2.15. The maximum Gasteiger partial charge on any atom is 0.230 e. The zero-order valence-corrected chi connectivity index (χ0v) is 17.4. The summed E-state index contributed by atoms with van der Waals surface area (Å²) in [5.41, 5.74) is 2.62. The van der Waals surface area contributed by atoms with E-state index < -0.39 is 0 Å². The lowest BCUT2D eigenvalue weighted by molar-refractivity contribution is -0.119. The first-order valence-corrected chi connectivity index (χ1v) is 10.2. The molecule has 0 radical (unpaired) electrons. The summed E-state index contributed by atoms with van der Waals surface area (Å²) in [4.78, 5) is 23.7. The third-order valence-corrected chi connectivity index (χ3v) is 5.44. The minimum Gasteiger partial charge on any atom is -0.496 e. The third-order valence-electron chi connectivity index (χ3n) is 3.93. The maximum absolute atomic E-state index is 12.2. The average molecular weight is 436 g/mol. The number of hydrogen-bond acceptors (Lipinski definition) is 4. The maximum atomic E-state index is 12.2. The molecule has 0 saturated heterocycles. The second kappa shape index (κ2) is 9.78. The van der Waals surface area contributed by atoms with Gasteiger partial charge in [-0.05, 0) is 49.7 Å². The number of Topliss-reactive ketones (excluding diaryl/α,β-unsaturated/α-hetero) is 1. The van der Waals surface area contributed by atoms with E-state index in [9.17, 15) is 9.59 Å². The largest absolute Gasteiger partial charge is 0.496 e. The van der Waals surface area contributed by atoms with Crippen LogP contribution in [0.1, 0.15) is 41.4 Å². The number of rotatable bonds is 8. The summed E-state index contributed by atoms with van der Waals surface area (Å²) in [6.45, 7) is 3.50. The van der Waals surface area contributed by atoms with E-state index in [0.29, 0.717) is 17.1 Å². The van der Waals surface area contributed by atoms with Crippen LogP contribution < -0.4 is 10.1 Å². The van der Waals surface area contributed by atoms with Gasteiger partial charge in [-0.2, -0.15) is 0 Å². The number of carbonyl (C=O) groups is 2. The second-order valence-corrected chi connectivity index (χ2v) is 7.82. The van der Waals surface area contributed by atoms with Crippen LogP contribution >= 0.6 is 27.7 Å². The van der Waals surface area contributed by atoms with Gasteiger partial charge in [0.1, 0.15) is 5.75 Å². The first-order chi connectivity index (χ1) is 12.4. The van der Waals surface area contributed by atoms with Crippen molar-refractivity contribution >= 4 is 39.4 Å². The number of thioether (sulfide) groups is 1. The molecule has 4 nitrogen and oxygen atoms in total. The predicted octanol–water partition coefficient (Wildman–Crippen LogP) is 4.77. The third kappa shape index (κ3) is 5.88. The molecule has 2 rings (SSSR count). The first-order valence-electron chi connectivity index (χ1n) is 8.21. The number of ketones is 1. The van der Waals surface area contributed by atoms with Crippen molar-refractivity contribution in [2.45, 2.75) is 25.6 Å². The van der Waals surface area contributed by atoms with Crippen molar-refractivity contribution in [3.8, 4) is 5.75 Å². The topological polar surface area (TPSA) is 55.4 Å². The Labute approximate surface area is 166 Å². The number of carbonyl (C=O) groups excluding carboxylic acids is 2. The van der Waals surface area contributed by atoms with Crippen molar-refractivity contribution in [3.05, 3.63) is 63.6 Å². The summed E-state index contributed by atoms with van der Waals surface area (Å²) in [6, 6.07) is 13.2. The summed E-state index contributed by atoms with van der Waals surface area (Å²) in [7, 11) is 1.60. The van der Waals surface area contributed by atoms with Crippen molar-refractivity contribution in [3.63, 3.8) is 0 Å². The van der Waals surface area contributed by atoms with Crippen LogP contribution in [-0.4, -0.2) is 24.6 Å². The van der Waals surface area contributed by atoms with Crippen LogP contribution in [0.5, 0.6) is 5.75 Å². The van der Waals surface area contributed by atoms with Gasteiger partial charge in [0, 0.05) is 21.4 Å². The van der Waals surface area contributed by atoms with Gasteiger partial charge in [-0.3, -0.25) is 9.59 Å². The Morgan fingerprint density at radius 2 is 1.88 bits per heavy atom. The molecule has 0 bridgehead atoms. The van der Waals surface area contributed by atoms with E-state index in [2.05, 4.69) is 21.2 Å². The van der Waals surface area contributed by atoms with E-state index >= 15 is 0 Å². The molecule has 26 heavy (non-hydrogen) atoms. The Balaban J connectivity index is 1.89. The molecular weight excluding hydrogens is 414 g/mol. The van der Waals surface area contributed by atoms with Crippen LogP contribution in [0.25, 0.3) is 0 Å². The molecule has 0 aliphatic carbocycles. The Kier molecular flexibility index (Phi) is 7.72. The monoisotopic (exact) mass is 435 g/mol. The summed E-state index contributed by atoms with van der Waals surface area (Å²) >= 11 is 4.90. The predicted molar refractivity (Wildman–Crippen MR) is 110 cm³/mol. The zero-order valence-electron chi connectivity index (χ0n) is 15.0. The molecule has 1 amide bonds. The molecule has 0 aliphatic rings. The highest BCUT2D eigenvalue weighted by molar-refractivity contribution is 9.10. The molecule has 0 heterocycles. The van der Waals surface area contributed by atoms with Crippen molar-refractivity contribution < 1.29 is 14.3 Å². The fourth-order valence-corrected chi connectivity index (χ4v) is 3.56. The number of nitrogens with one attached hydrogen (secondary N) is 1. The molecule has 0 aromatic heterocycles. The van der Waals surface area contributed by atoms with Gasteiger partial charge in [-0.1, -0.05) is 28.1 Å². The van der Waals surface area contributed by atoms with Crippen LogP contribution in [0, 0.1) is 0 Å². The van der Waals surface area contributed by atoms with Gasteiger partial charge in [0.25, 0.3) is 0 Å². The van der Waals surface area contributed by atoms with Gasteiger partial charge >= 0.3 is 0 Å². The molecule has 1 atom stereocenters. The Bertz CT molecular complexity index is 777. The number of hydrogen-bond donors (Lipinski definition) is 1. The Morgan fingerprint density at radius 1 is 1.19 bits per heavy atom. The average Bonchev–Trinajstić information content (AvgIpc) is 2.62. The molecule has 0 fully saturated rings. The van der Waals surface area contributed by atoms with Crippen LogP contribution in [0.3, 0.4) is 0 Å². The van der Waals surface area contributed by atoms with Crippen LogP contribution in [0.15, 0.2) is 46.9 Å². The molecule has 2 aromatic carbocycles. The van der Waals surface area contributed by atoms with Crippen molar-refractivity contribution in [2.24, 2.45) is 0 Å². The van der Waals surface area contributed by atoms with Crippen LogP contribution in [-0.2, 0) is 10.5 Å². The van der Waals surface area contributed by atoms with Crippen LogP contribution in [0.4, 0.5) is 0 Å². The fourth-order valence-electron chi connectivity index (χ4n) is 2.48.